The van der Waals surface area contributed by atoms with E-state index in [-0.39, 0.29) is 24.0 Å². The Morgan fingerprint density at radius 2 is 1.77 bits per heavy atom. The van der Waals surface area contributed by atoms with Crippen LogP contribution in [0.3, 0.4) is 0 Å². The molecule has 9 nitrogen and oxygen atoms in total. The predicted molar refractivity (Wildman–Crippen MR) is 135 cm³/mol. The summed E-state index contributed by atoms with van der Waals surface area (Å²) in [6.07, 6.45) is 2.44. The van der Waals surface area contributed by atoms with Crippen molar-refractivity contribution in [1.82, 2.24) is 25.9 Å². The average Bonchev–Trinajstić information content (AvgIpc) is 3.58. The Balaban J connectivity index is 1.38. The molecule has 35 heavy (non-hydrogen) atoms. The molecule has 1 saturated heterocycles. The van der Waals surface area contributed by atoms with Gasteiger partial charge >= 0.3 is 6.03 Å². The van der Waals surface area contributed by atoms with Crippen molar-refractivity contribution in [3.63, 3.8) is 0 Å². The first-order valence-corrected chi connectivity index (χ1v) is 12.1. The van der Waals surface area contributed by atoms with Crippen molar-refractivity contribution in [2.45, 2.75) is 45.3 Å². The second kappa shape index (κ2) is 9.79. The topological polar surface area (TPSA) is 105 Å². The highest BCUT2D eigenvalue weighted by molar-refractivity contribution is 5.89. The summed E-state index contributed by atoms with van der Waals surface area (Å²) in [5.74, 6) is 0.379. The molecule has 0 radical (unpaired) electrons. The van der Waals surface area contributed by atoms with Gasteiger partial charge in [-0.2, -0.15) is 5.10 Å². The number of benzene rings is 2. The van der Waals surface area contributed by atoms with E-state index in [2.05, 4.69) is 55.4 Å². The van der Waals surface area contributed by atoms with Gasteiger partial charge in [-0.25, -0.2) is 9.80 Å². The van der Waals surface area contributed by atoms with Crippen LogP contribution in [0.15, 0.2) is 54.6 Å². The molecule has 2 atom stereocenters. The molecule has 1 fully saturated rings. The van der Waals surface area contributed by atoms with Gasteiger partial charge < -0.3 is 15.5 Å². The molecule has 3 heterocycles. The maximum Gasteiger partial charge on any atom is 0.329 e. The van der Waals surface area contributed by atoms with Gasteiger partial charge in [0.15, 0.2) is 0 Å². The number of aromatic amines is 1. The molecule has 2 unspecified atom stereocenters. The van der Waals surface area contributed by atoms with Crippen LogP contribution in [0.4, 0.5) is 16.3 Å². The van der Waals surface area contributed by atoms with Crippen LogP contribution in [-0.4, -0.2) is 40.2 Å². The van der Waals surface area contributed by atoms with E-state index < -0.39 is 0 Å². The zero-order valence-electron chi connectivity index (χ0n) is 20.0. The van der Waals surface area contributed by atoms with E-state index in [1.165, 1.54) is 25.5 Å². The molecule has 2 aromatic carbocycles. The molecular weight excluding hydrogens is 442 g/mol. The molecule has 0 saturated carbocycles. The van der Waals surface area contributed by atoms with E-state index >= 15 is 0 Å². The fraction of sp³-hybridized carbons (Fsp3) is 0.346. The molecule has 0 aliphatic carbocycles. The first kappa shape index (κ1) is 22.9. The van der Waals surface area contributed by atoms with E-state index in [1.54, 1.807) is 0 Å². The van der Waals surface area contributed by atoms with Crippen molar-refractivity contribution in [3.05, 3.63) is 77.0 Å². The second-order valence-electron chi connectivity index (χ2n) is 9.17. The SMILES string of the molecule is CC(=O)Nc1[nH]nc2c1C(c1ccc(N3CCCC3)cc1)N(NC(=O)NC(C)c1ccccc1)C2. The lowest BCUT2D eigenvalue weighted by atomic mass is 10.0. The summed E-state index contributed by atoms with van der Waals surface area (Å²) in [4.78, 5) is 27.1. The van der Waals surface area contributed by atoms with Gasteiger partial charge in [0.25, 0.3) is 0 Å². The van der Waals surface area contributed by atoms with Gasteiger partial charge in [-0.15, -0.1) is 0 Å². The number of anilines is 2. The lowest BCUT2D eigenvalue weighted by molar-refractivity contribution is -0.114. The Morgan fingerprint density at radius 3 is 2.46 bits per heavy atom. The maximum absolute atomic E-state index is 13.0. The van der Waals surface area contributed by atoms with Crippen molar-refractivity contribution in [3.8, 4) is 0 Å². The third kappa shape index (κ3) is 4.85. The van der Waals surface area contributed by atoms with Gasteiger partial charge in [-0.3, -0.25) is 15.3 Å². The summed E-state index contributed by atoms with van der Waals surface area (Å²) in [6.45, 7) is 5.99. The summed E-state index contributed by atoms with van der Waals surface area (Å²) >= 11 is 0. The highest BCUT2D eigenvalue weighted by Crippen LogP contribution is 2.41. The predicted octanol–water partition coefficient (Wildman–Crippen LogP) is 3.85. The third-order valence-corrected chi connectivity index (χ3v) is 6.66. The number of carbonyl (C=O) groups is 2. The number of nitrogens with zero attached hydrogens (tertiary/aromatic N) is 3. The van der Waals surface area contributed by atoms with Gasteiger partial charge in [-0.1, -0.05) is 42.5 Å². The molecule has 182 valence electrons. The number of carbonyl (C=O) groups excluding carboxylic acids is 2. The average molecular weight is 474 g/mol. The van der Waals surface area contributed by atoms with Crippen molar-refractivity contribution in [2.75, 3.05) is 23.3 Å². The van der Waals surface area contributed by atoms with Crippen molar-refractivity contribution in [2.24, 2.45) is 0 Å². The number of H-pyrrole nitrogens is 1. The summed E-state index contributed by atoms with van der Waals surface area (Å²) in [5, 5.41) is 15.1. The first-order valence-electron chi connectivity index (χ1n) is 12.1. The van der Waals surface area contributed by atoms with Crippen LogP contribution in [0.25, 0.3) is 0 Å². The van der Waals surface area contributed by atoms with E-state index in [0.29, 0.717) is 12.4 Å². The van der Waals surface area contributed by atoms with Gasteiger partial charge in [-0.05, 0) is 43.0 Å². The zero-order chi connectivity index (χ0) is 24.4. The van der Waals surface area contributed by atoms with Crippen LogP contribution in [0.2, 0.25) is 0 Å². The Bertz CT molecular complexity index is 1190. The number of hydrazine groups is 1. The number of fused-ring (bicyclic) bond motifs is 1. The minimum Gasteiger partial charge on any atom is -0.372 e. The number of aromatic nitrogens is 2. The summed E-state index contributed by atoms with van der Waals surface area (Å²) in [5.41, 5.74) is 7.91. The van der Waals surface area contributed by atoms with Crippen molar-refractivity contribution < 1.29 is 9.59 Å². The fourth-order valence-electron chi connectivity index (χ4n) is 4.96. The normalized spacial score (nSPS) is 18.2. The highest BCUT2D eigenvalue weighted by Gasteiger charge is 2.38. The Labute approximate surface area is 204 Å². The number of rotatable bonds is 6. The number of hydrogen-bond acceptors (Lipinski definition) is 5. The smallest absolute Gasteiger partial charge is 0.329 e. The van der Waals surface area contributed by atoms with E-state index in [1.807, 2.05) is 42.3 Å². The Hall–Kier alpha value is -3.85. The fourth-order valence-corrected chi connectivity index (χ4v) is 4.96. The molecular formula is C26H31N7O2. The Morgan fingerprint density at radius 1 is 1.06 bits per heavy atom. The molecule has 0 spiro atoms. The molecule has 9 heteroatoms. The van der Waals surface area contributed by atoms with Gasteiger partial charge in [0.2, 0.25) is 5.91 Å². The lowest BCUT2D eigenvalue weighted by Crippen LogP contribution is -2.47. The molecule has 2 aliphatic rings. The first-order chi connectivity index (χ1) is 17.0. The summed E-state index contributed by atoms with van der Waals surface area (Å²) in [7, 11) is 0. The van der Waals surface area contributed by atoms with E-state index in [0.717, 1.165) is 35.5 Å². The molecule has 3 amide bonds. The molecule has 4 N–H and O–H groups in total. The third-order valence-electron chi connectivity index (χ3n) is 6.66. The Kier molecular flexibility index (Phi) is 6.41. The van der Waals surface area contributed by atoms with Crippen molar-refractivity contribution in [1.29, 1.82) is 0 Å². The molecule has 5 rings (SSSR count). The number of hydrogen-bond donors (Lipinski definition) is 4. The quantitative estimate of drug-likeness (QED) is 0.435. The maximum atomic E-state index is 13.0. The van der Waals surface area contributed by atoms with Crippen LogP contribution in [0.1, 0.15) is 61.2 Å². The summed E-state index contributed by atoms with van der Waals surface area (Å²) in [6, 6.07) is 17.5. The highest BCUT2D eigenvalue weighted by atomic mass is 16.2. The molecule has 1 aromatic heterocycles. The minimum absolute atomic E-state index is 0.148. The largest absolute Gasteiger partial charge is 0.372 e. The minimum atomic E-state index is -0.296. The summed E-state index contributed by atoms with van der Waals surface area (Å²) < 4.78 is 0. The van der Waals surface area contributed by atoms with Gasteiger partial charge in [0.05, 0.1) is 24.3 Å². The van der Waals surface area contributed by atoms with Gasteiger partial charge in [0, 0.05) is 31.3 Å². The van der Waals surface area contributed by atoms with Crippen molar-refractivity contribution >= 4 is 23.4 Å². The van der Waals surface area contributed by atoms with Crippen LogP contribution >= 0.6 is 0 Å². The zero-order valence-corrected chi connectivity index (χ0v) is 20.0. The lowest BCUT2D eigenvalue weighted by Gasteiger charge is -2.28. The van der Waals surface area contributed by atoms with Gasteiger partial charge in [0.1, 0.15) is 5.82 Å². The monoisotopic (exact) mass is 473 g/mol. The second-order valence-corrected chi connectivity index (χ2v) is 9.17. The number of urea groups is 1. The van der Waals surface area contributed by atoms with Crippen LogP contribution in [0, 0.1) is 0 Å². The van der Waals surface area contributed by atoms with E-state index in [4.69, 9.17) is 0 Å². The molecule has 2 aliphatic heterocycles. The number of nitrogens with one attached hydrogen (secondary N) is 4. The standard InChI is InChI=1S/C26H31N7O2/c1-17(19-8-4-3-5-9-19)27-26(35)31-33-16-22-23(25(30-29-22)28-18(2)34)24(33)20-10-12-21(13-11-20)32-14-6-7-15-32/h3-5,8-13,17,24H,6-7,14-16H2,1-2H3,(H2,27,31,35)(H2,28,29,30,34). The van der Waals surface area contributed by atoms with E-state index in [9.17, 15) is 9.59 Å². The number of amides is 3. The van der Waals surface area contributed by atoms with Crippen LogP contribution in [-0.2, 0) is 11.3 Å². The van der Waals surface area contributed by atoms with Crippen LogP contribution in [0.5, 0.6) is 0 Å². The molecule has 0 bridgehead atoms. The van der Waals surface area contributed by atoms with Crippen LogP contribution < -0.4 is 21.0 Å². The molecule has 3 aromatic rings.